The van der Waals surface area contributed by atoms with E-state index in [1.165, 1.54) is 13.3 Å². The Morgan fingerprint density at radius 1 is 1.71 bits per heavy atom. The molecule has 1 aromatic rings. The third-order valence-corrected chi connectivity index (χ3v) is 2.72. The molecule has 0 aromatic carbocycles. The third-order valence-electron chi connectivity index (χ3n) is 1.95. The minimum atomic E-state index is -0.533. The molecule has 0 radical (unpaired) electrons. The van der Waals surface area contributed by atoms with Gasteiger partial charge in [0.25, 0.3) is 5.56 Å². The van der Waals surface area contributed by atoms with Gasteiger partial charge in [-0.25, -0.2) is 4.68 Å². The molecule has 0 aliphatic carbocycles. The highest BCUT2D eigenvalue weighted by atomic mass is 79.9. The van der Waals surface area contributed by atoms with Crippen molar-refractivity contribution in [2.45, 2.75) is 6.54 Å². The molecule has 8 heteroatoms. The summed E-state index contributed by atoms with van der Waals surface area (Å²) < 4.78 is 5.79. The van der Waals surface area contributed by atoms with Crippen LogP contribution in [0.25, 0.3) is 0 Å². The van der Waals surface area contributed by atoms with Crippen LogP contribution in [0.3, 0.4) is 0 Å². The molecule has 0 unspecified atom stereocenters. The van der Waals surface area contributed by atoms with Gasteiger partial charge in [0.2, 0.25) is 0 Å². The quantitative estimate of drug-likeness (QED) is 0.715. The highest BCUT2D eigenvalue weighted by Crippen LogP contribution is 2.15. The van der Waals surface area contributed by atoms with E-state index in [1.54, 1.807) is 0 Å². The lowest BCUT2D eigenvalue weighted by Crippen LogP contribution is -2.28. The van der Waals surface area contributed by atoms with E-state index in [-0.39, 0.29) is 6.54 Å². The van der Waals surface area contributed by atoms with Crippen LogP contribution in [0, 0.1) is 0 Å². The number of methoxy groups -OCH3 is 1. The van der Waals surface area contributed by atoms with Crippen molar-refractivity contribution >= 4 is 27.6 Å². The molecule has 0 saturated carbocycles. The maximum Gasteiger partial charge on any atom is 0.327 e. The van der Waals surface area contributed by atoms with Gasteiger partial charge in [-0.1, -0.05) is 0 Å². The molecular formula is C9H13BrN4O3. The van der Waals surface area contributed by atoms with Crippen molar-refractivity contribution in [2.75, 3.05) is 25.5 Å². The number of nitrogens with two attached hydrogens (primary N) is 1. The molecule has 1 rings (SSSR count). The number of carbonyl (C=O) groups is 1. The lowest BCUT2D eigenvalue weighted by molar-refractivity contribution is -0.141. The molecule has 0 bridgehead atoms. The number of ether oxygens (including phenoxy) is 1. The molecule has 0 aliphatic rings. The van der Waals surface area contributed by atoms with Crippen LogP contribution in [0.5, 0.6) is 0 Å². The standard InChI is InChI=1S/C9H13BrN4O3/c1-17-7(15)5-14-9(16)8(10)6(4-13-14)12-3-2-11/h4,12H,2-3,5,11H2,1H3. The number of carbonyl (C=O) groups excluding carboxylic acids is 1. The summed E-state index contributed by atoms with van der Waals surface area (Å²) in [6.07, 6.45) is 1.45. The van der Waals surface area contributed by atoms with Crippen LogP contribution in [0.4, 0.5) is 5.69 Å². The largest absolute Gasteiger partial charge is 0.468 e. The zero-order valence-corrected chi connectivity index (χ0v) is 10.9. The van der Waals surface area contributed by atoms with Crippen molar-refractivity contribution in [1.29, 1.82) is 0 Å². The van der Waals surface area contributed by atoms with Crippen LogP contribution in [0.1, 0.15) is 0 Å². The molecule has 0 spiro atoms. The third kappa shape index (κ3) is 3.53. The topological polar surface area (TPSA) is 99.2 Å². The molecule has 0 atom stereocenters. The van der Waals surface area contributed by atoms with Crippen LogP contribution in [0.2, 0.25) is 0 Å². The van der Waals surface area contributed by atoms with E-state index in [1.807, 2.05) is 0 Å². The van der Waals surface area contributed by atoms with E-state index in [0.29, 0.717) is 23.2 Å². The first kappa shape index (κ1) is 13.7. The summed E-state index contributed by atoms with van der Waals surface area (Å²) in [6, 6.07) is 0. The second kappa shape index (κ2) is 6.36. The van der Waals surface area contributed by atoms with E-state index in [2.05, 4.69) is 31.1 Å². The molecular weight excluding hydrogens is 292 g/mol. The van der Waals surface area contributed by atoms with Crippen molar-refractivity contribution in [2.24, 2.45) is 5.73 Å². The highest BCUT2D eigenvalue weighted by Gasteiger charge is 2.11. The summed E-state index contributed by atoms with van der Waals surface area (Å²) in [6.45, 7) is 0.753. The van der Waals surface area contributed by atoms with Gasteiger partial charge < -0.3 is 15.8 Å². The SMILES string of the molecule is COC(=O)Cn1ncc(NCCN)c(Br)c1=O. The van der Waals surface area contributed by atoms with Gasteiger partial charge in [0.1, 0.15) is 11.0 Å². The number of rotatable bonds is 5. The average Bonchev–Trinajstić information content (AvgIpc) is 2.34. The van der Waals surface area contributed by atoms with Gasteiger partial charge in [0.05, 0.1) is 19.0 Å². The molecule has 94 valence electrons. The van der Waals surface area contributed by atoms with Gasteiger partial charge in [-0.2, -0.15) is 5.10 Å². The van der Waals surface area contributed by atoms with Crippen LogP contribution in [-0.2, 0) is 16.1 Å². The Morgan fingerprint density at radius 3 is 3.00 bits per heavy atom. The lowest BCUT2D eigenvalue weighted by atomic mass is 10.4. The zero-order chi connectivity index (χ0) is 12.8. The van der Waals surface area contributed by atoms with Gasteiger partial charge in [-0.15, -0.1) is 0 Å². The number of hydrogen-bond acceptors (Lipinski definition) is 6. The van der Waals surface area contributed by atoms with Gasteiger partial charge >= 0.3 is 5.97 Å². The van der Waals surface area contributed by atoms with Gasteiger partial charge in [0.15, 0.2) is 0 Å². The van der Waals surface area contributed by atoms with E-state index >= 15 is 0 Å². The van der Waals surface area contributed by atoms with Crippen molar-refractivity contribution in [3.63, 3.8) is 0 Å². The number of esters is 1. The Balaban J connectivity index is 2.94. The number of nitrogens with zero attached hydrogens (tertiary/aromatic N) is 2. The molecule has 0 amide bonds. The van der Waals surface area contributed by atoms with E-state index < -0.39 is 11.5 Å². The van der Waals surface area contributed by atoms with Crippen LogP contribution in [-0.4, -0.2) is 35.9 Å². The van der Waals surface area contributed by atoms with Crippen LogP contribution < -0.4 is 16.6 Å². The first-order valence-corrected chi connectivity index (χ1v) is 5.65. The summed E-state index contributed by atoms with van der Waals surface area (Å²) in [5.41, 5.74) is 5.47. The number of halogens is 1. The van der Waals surface area contributed by atoms with Gasteiger partial charge in [-0.3, -0.25) is 9.59 Å². The predicted molar refractivity (Wildman–Crippen MR) is 65.8 cm³/mol. The summed E-state index contributed by atoms with van der Waals surface area (Å²) in [5, 5.41) is 6.78. The monoisotopic (exact) mass is 304 g/mol. The van der Waals surface area contributed by atoms with E-state index in [4.69, 9.17) is 5.73 Å². The zero-order valence-electron chi connectivity index (χ0n) is 9.27. The van der Waals surface area contributed by atoms with Crippen LogP contribution in [0.15, 0.2) is 15.5 Å². The van der Waals surface area contributed by atoms with Gasteiger partial charge in [-0.05, 0) is 15.9 Å². The number of hydrogen-bond donors (Lipinski definition) is 2. The fourth-order valence-corrected chi connectivity index (χ4v) is 1.54. The van der Waals surface area contributed by atoms with Crippen molar-refractivity contribution in [3.05, 3.63) is 21.0 Å². The summed E-state index contributed by atoms with van der Waals surface area (Å²) in [4.78, 5) is 22.8. The minimum Gasteiger partial charge on any atom is -0.468 e. The number of anilines is 1. The predicted octanol–water partition coefficient (Wildman–Crippen LogP) is -0.451. The van der Waals surface area contributed by atoms with E-state index in [0.717, 1.165) is 4.68 Å². The van der Waals surface area contributed by atoms with Crippen LogP contribution >= 0.6 is 15.9 Å². The first-order valence-electron chi connectivity index (χ1n) is 4.86. The van der Waals surface area contributed by atoms with Crippen molar-refractivity contribution in [1.82, 2.24) is 9.78 Å². The first-order chi connectivity index (χ1) is 8.10. The Bertz CT molecular complexity index is 460. The van der Waals surface area contributed by atoms with E-state index in [9.17, 15) is 9.59 Å². The van der Waals surface area contributed by atoms with Crippen molar-refractivity contribution in [3.8, 4) is 0 Å². The number of aromatic nitrogens is 2. The Labute approximate surface area is 106 Å². The second-order valence-corrected chi connectivity index (χ2v) is 3.92. The Kier molecular flexibility index (Phi) is 5.11. The Morgan fingerprint density at radius 2 is 2.41 bits per heavy atom. The number of nitrogens with one attached hydrogen (secondary N) is 1. The maximum absolute atomic E-state index is 11.8. The summed E-state index contributed by atoms with van der Waals surface area (Å²) >= 11 is 3.14. The summed E-state index contributed by atoms with van der Waals surface area (Å²) in [7, 11) is 1.25. The molecule has 0 aliphatic heterocycles. The normalized spacial score (nSPS) is 10.1. The molecule has 7 nitrogen and oxygen atoms in total. The molecule has 3 N–H and O–H groups in total. The molecule has 0 saturated heterocycles. The molecule has 0 fully saturated rings. The average molecular weight is 305 g/mol. The molecule has 1 heterocycles. The molecule has 1 aromatic heterocycles. The minimum absolute atomic E-state index is 0.217. The fourth-order valence-electron chi connectivity index (χ4n) is 1.09. The lowest BCUT2D eigenvalue weighted by Gasteiger charge is -2.08. The molecule has 17 heavy (non-hydrogen) atoms. The smallest absolute Gasteiger partial charge is 0.327 e. The maximum atomic E-state index is 11.8. The highest BCUT2D eigenvalue weighted by molar-refractivity contribution is 9.10. The Hall–Kier alpha value is -1.41. The summed E-state index contributed by atoms with van der Waals surface area (Å²) in [5.74, 6) is -0.533. The van der Waals surface area contributed by atoms with Crippen molar-refractivity contribution < 1.29 is 9.53 Å². The van der Waals surface area contributed by atoms with Gasteiger partial charge in [0, 0.05) is 13.1 Å². The fraction of sp³-hybridized carbons (Fsp3) is 0.444. The second-order valence-electron chi connectivity index (χ2n) is 3.13.